The zero-order valence-corrected chi connectivity index (χ0v) is 12.7. The molecule has 0 bridgehead atoms. The summed E-state index contributed by atoms with van der Waals surface area (Å²) >= 11 is 0. The number of carboxylic acids is 1. The highest BCUT2D eigenvalue weighted by Crippen LogP contribution is 2.35. The van der Waals surface area contributed by atoms with Gasteiger partial charge in [-0.1, -0.05) is 20.3 Å². The van der Waals surface area contributed by atoms with E-state index in [4.69, 9.17) is 4.42 Å². The number of furan rings is 1. The van der Waals surface area contributed by atoms with Crippen LogP contribution < -0.4 is 0 Å². The Balaban J connectivity index is 2.20. The van der Waals surface area contributed by atoms with Crippen molar-refractivity contribution in [1.29, 1.82) is 0 Å². The first kappa shape index (κ1) is 15.6. The summed E-state index contributed by atoms with van der Waals surface area (Å²) in [7, 11) is 0. The van der Waals surface area contributed by atoms with Crippen LogP contribution in [-0.4, -0.2) is 35.0 Å². The van der Waals surface area contributed by atoms with Crippen LogP contribution in [0.1, 0.15) is 55.6 Å². The molecular weight excluding hydrogens is 270 g/mol. The highest BCUT2D eigenvalue weighted by atomic mass is 16.4. The van der Waals surface area contributed by atoms with E-state index in [-0.39, 0.29) is 5.91 Å². The van der Waals surface area contributed by atoms with E-state index in [1.807, 2.05) is 13.8 Å². The molecule has 1 saturated heterocycles. The smallest absolute Gasteiger partial charge is 0.311 e. The van der Waals surface area contributed by atoms with Gasteiger partial charge in [0.25, 0.3) is 5.91 Å². The van der Waals surface area contributed by atoms with Gasteiger partial charge in [-0.15, -0.1) is 0 Å². The molecular formula is C16H23NO4. The third-order valence-electron chi connectivity index (χ3n) is 4.34. The fraction of sp³-hybridized carbons (Fsp3) is 0.625. The minimum Gasteiger partial charge on any atom is -0.481 e. The van der Waals surface area contributed by atoms with Crippen LogP contribution in [0.25, 0.3) is 0 Å². The van der Waals surface area contributed by atoms with Gasteiger partial charge in [-0.25, -0.2) is 0 Å². The number of hydrogen-bond donors (Lipinski definition) is 1. The maximum absolute atomic E-state index is 12.6. The van der Waals surface area contributed by atoms with Crippen molar-refractivity contribution in [1.82, 2.24) is 4.90 Å². The molecule has 2 heterocycles. The molecule has 0 radical (unpaired) electrons. The van der Waals surface area contributed by atoms with Crippen molar-refractivity contribution in [3.05, 3.63) is 23.7 Å². The molecule has 1 N–H and O–H groups in total. The van der Waals surface area contributed by atoms with Gasteiger partial charge in [0.05, 0.1) is 17.2 Å². The number of carboxylic acid groups (broad SMARTS) is 1. The minimum absolute atomic E-state index is 0.109. The van der Waals surface area contributed by atoms with Crippen LogP contribution in [0.2, 0.25) is 0 Å². The van der Waals surface area contributed by atoms with Gasteiger partial charge < -0.3 is 14.4 Å². The molecule has 5 heteroatoms. The van der Waals surface area contributed by atoms with Crippen LogP contribution in [0.3, 0.4) is 0 Å². The second-order valence-corrected chi connectivity index (χ2v) is 5.78. The molecule has 1 aromatic rings. The summed E-state index contributed by atoms with van der Waals surface area (Å²) < 4.78 is 5.31. The lowest BCUT2D eigenvalue weighted by Crippen LogP contribution is -2.50. The van der Waals surface area contributed by atoms with Gasteiger partial charge >= 0.3 is 5.97 Å². The molecule has 2 rings (SSSR count). The van der Waals surface area contributed by atoms with Gasteiger partial charge in [0.15, 0.2) is 0 Å². The van der Waals surface area contributed by atoms with E-state index in [9.17, 15) is 14.7 Å². The van der Waals surface area contributed by atoms with Crippen molar-refractivity contribution >= 4 is 11.9 Å². The van der Waals surface area contributed by atoms with Crippen LogP contribution >= 0.6 is 0 Å². The van der Waals surface area contributed by atoms with Gasteiger partial charge in [0.1, 0.15) is 5.76 Å². The lowest BCUT2D eigenvalue weighted by Gasteiger charge is -2.39. The van der Waals surface area contributed by atoms with Gasteiger partial charge in [-0.05, 0) is 25.3 Å². The van der Waals surface area contributed by atoms with E-state index in [0.29, 0.717) is 43.7 Å². The van der Waals surface area contributed by atoms with E-state index >= 15 is 0 Å². The minimum atomic E-state index is -0.793. The van der Waals surface area contributed by atoms with Crippen molar-refractivity contribution in [2.24, 2.45) is 5.41 Å². The van der Waals surface area contributed by atoms with Crippen LogP contribution in [0.4, 0.5) is 0 Å². The first-order valence-corrected chi connectivity index (χ1v) is 7.63. The molecule has 5 nitrogen and oxygen atoms in total. The third-order valence-corrected chi connectivity index (χ3v) is 4.34. The summed E-state index contributed by atoms with van der Waals surface area (Å²) in [5.74, 6) is -0.228. The number of hydrogen-bond acceptors (Lipinski definition) is 3. The summed E-state index contributed by atoms with van der Waals surface area (Å²) in [5.41, 5.74) is -0.228. The Morgan fingerprint density at radius 3 is 2.81 bits per heavy atom. The lowest BCUT2D eigenvalue weighted by atomic mass is 9.76. The van der Waals surface area contributed by atoms with E-state index < -0.39 is 11.4 Å². The van der Waals surface area contributed by atoms with Crippen molar-refractivity contribution in [3.63, 3.8) is 0 Å². The van der Waals surface area contributed by atoms with Crippen LogP contribution in [-0.2, 0) is 11.2 Å². The molecule has 0 spiro atoms. The average Bonchev–Trinajstić information content (AvgIpc) is 2.95. The normalized spacial score (nSPS) is 22.3. The molecule has 0 aromatic carbocycles. The van der Waals surface area contributed by atoms with E-state index in [1.54, 1.807) is 11.0 Å². The van der Waals surface area contributed by atoms with E-state index in [0.717, 1.165) is 12.8 Å². The molecule has 1 amide bonds. The van der Waals surface area contributed by atoms with Crippen molar-refractivity contribution < 1.29 is 19.1 Å². The number of likely N-dealkylation sites (tertiary alicyclic amines) is 1. The number of aliphatic carboxylic acids is 1. The molecule has 21 heavy (non-hydrogen) atoms. The summed E-state index contributed by atoms with van der Waals surface area (Å²) in [5, 5.41) is 9.59. The second kappa shape index (κ2) is 6.33. The number of carbonyl (C=O) groups is 2. The molecule has 1 aliphatic heterocycles. The SMILES string of the molecule is CCCC1(C(=O)O)CCCN(C(=O)c2ccoc2CC)C1. The Kier molecular flexibility index (Phi) is 4.70. The number of carbonyl (C=O) groups excluding carboxylic acids is 1. The Bertz CT molecular complexity index is 518. The molecule has 1 atom stereocenters. The molecule has 1 unspecified atom stereocenters. The zero-order valence-electron chi connectivity index (χ0n) is 12.7. The Labute approximate surface area is 124 Å². The topological polar surface area (TPSA) is 70.8 Å². The largest absolute Gasteiger partial charge is 0.481 e. The number of aryl methyl sites for hydroxylation is 1. The Hall–Kier alpha value is -1.78. The van der Waals surface area contributed by atoms with Crippen molar-refractivity contribution in [3.8, 4) is 0 Å². The molecule has 1 fully saturated rings. The van der Waals surface area contributed by atoms with Crippen LogP contribution in [0.5, 0.6) is 0 Å². The number of rotatable bonds is 5. The summed E-state index contributed by atoms with van der Waals surface area (Å²) in [6.45, 7) is 4.83. The number of amides is 1. The van der Waals surface area contributed by atoms with Gasteiger partial charge in [-0.3, -0.25) is 9.59 Å². The summed E-state index contributed by atoms with van der Waals surface area (Å²) in [4.78, 5) is 26.0. The zero-order chi connectivity index (χ0) is 15.5. The van der Waals surface area contributed by atoms with Gasteiger partial charge in [0, 0.05) is 19.5 Å². The highest BCUT2D eigenvalue weighted by Gasteiger charge is 2.43. The molecule has 1 aliphatic rings. The quantitative estimate of drug-likeness (QED) is 0.906. The summed E-state index contributed by atoms with van der Waals surface area (Å²) in [6, 6.07) is 1.68. The second-order valence-electron chi connectivity index (χ2n) is 5.78. The highest BCUT2D eigenvalue weighted by molar-refractivity contribution is 5.95. The molecule has 0 aliphatic carbocycles. The first-order valence-electron chi connectivity index (χ1n) is 7.63. The monoisotopic (exact) mass is 293 g/mol. The third kappa shape index (κ3) is 2.96. The maximum atomic E-state index is 12.6. The van der Waals surface area contributed by atoms with E-state index in [1.165, 1.54) is 6.26 Å². The average molecular weight is 293 g/mol. The number of nitrogens with zero attached hydrogens (tertiary/aromatic N) is 1. The molecule has 1 aromatic heterocycles. The van der Waals surface area contributed by atoms with Gasteiger partial charge in [0.2, 0.25) is 0 Å². The Morgan fingerprint density at radius 1 is 1.43 bits per heavy atom. The lowest BCUT2D eigenvalue weighted by molar-refractivity contribution is -0.152. The first-order chi connectivity index (χ1) is 10.0. The predicted octanol–water partition coefficient (Wildman–Crippen LogP) is 2.95. The fourth-order valence-electron chi connectivity index (χ4n) is 3.24. The maximum Gasteiger partial charge on any atom is 0.311 e. The standard InChI is InChI=1S/C16H23NO4/c1-3-7-16(15(19)20)8-5-9-17(11-16)14(18)12-6-10-21-13(12)4-2/h6,10H,3-5,7-9,11H2,1-2H3,(H,19,20). The van der Waals surface area contributed by atoms with Crippen molar-refractivity contribution in [2.75, 3.05) is 13.1 Å². The van der Waals surface area contributed by atoms with Crippen molar-refractivity contribution in [2.45, 2.75) is 46.0 Å². The summed E-state index contributed by atoms with van der Waals surface area (Å²) in [6.07, 6.45) is 4.97. The Morgan fingerprint density at radius 2 is 2.19 bits per heavy atom. The fourth-order valence-corrected chi connectivity index (χ4v) is 3.24. The molecule has 116 valence electrons. The number of piperidine rings is 1. The van der Waals surface area contributed by atoms with Crippen LogP contribution in [0.15, 0.2) is 16.7 Å². The van der Waals surface area contributed by atoms with Crippen LogP contribution in [0, 0.1) is 5.41 Å². The molecule has 0 saturated carbocycles. The van der Waals surface area contributed by atoms with Gasteiger partial charge in [-0.2, -0.15) is 0 Å². The van der Waals surface area contributed by atoms with E-state index in [2.05, 4.69) is 0 Å². The predicted molar refractivity (Wildman–Crippen MR) is 78.2 cm³/mol.